The van der Waals surface area contributed by atoms with Crippen molar-refractivity contribution in [3.8, 4) is 5.75 Å². The Morgan fingerprint density at radius 2 is 1.77 bits per heavy atom. The number of likely N-dealkylation sites (tertiary alicyclic amines) is 1. The van der Waals surface area contributed by atoms with Crippen LogP contribution in [-0.2, 0) is 9.59 Å². The first kappa shape index (κ1) is 32.0. The minimum absolute atomic E-state index is 0.0580. The molecule has 1 saturated heterocycles. The van der Waals surface area contributed by atoms with E-state index in [-0.39, 0.29) is 17.4 Å². The zero-order valence-electron chi connectivity index (χ0n) is 25.9. The molecule has 0 spiro atoms. The van der Waals surface area contributed by atoms with Crippen LogP contribution < -0.4 is 10.6 Å². The average molecular weight is 613 g/mol. The summed E-state index contributed by atoms with van der Waals surface area (Å²) in [5.41, 5.74) is 2.06. The summed E-state index contributed by atoms with van der Waals surface area (Å²) in [6, 6.07) is 2.41. The average Bonchev–Trinajstić information content (AvgIpc) is 2.96. The van der Waals surface area contributed by atoms with Crippen LogP contribution in [0.3, 0.4) is 0 Å². The first-order valence-electron chi connectivity index (χ1n) is 15.3. The standard InChI is InChI=1S/C32H44N4O8/c1-6-7-12-36(16-10-13-35(5)14-11-16)18-9-8-17-15(2)19-21(26(38)20(17)25(18)37)29(41)32(44)23(27(19)39)24(34(3)4)28(40)22(30(32)42)31(33)43/h8-9,15-16,19,23-24,27,37,39-41,44H,6-7,10-14H2,1-5H3,(H2,33,43). The number of primary amides is 1. The zero-order valence-corrected chi connectivity index (χ0v) is 25.9. The molecule has 1 heterocycles. The lowest BCUT2D eigenvalue weighted by Crippen LogP contribution is -2.68. The largest absolute Gasteiger partial charge is 0.510 e. The second-order valence-corrected chi connectivity index (χ2v) is 13.0. The van der Waals surface area contributed by atoms with Gasteiger partial charge < -0.3 is 41.1 Å². The molecule has 3 aliphatic carbocycles. The molecule has 1 fully saturated rings. The maximum absolute atomic E-state index is 14.3. The number of Topliss-reactive ketones (excluding diaryl/α,β-unsaturated/α-hetero) is 2. The van der Waals surface area contributed by atoms with Gasteiger partial charge in [-0.15, -0.1) is 0 Å². The lowest BCUT2D eigenvalue weighted by molar-refractivity contribution is -0.162. The van der Waals surface area contributed by atoms with E-state index in [1.54, 1.807) is 19.1 Å². The number of nitrogens with two attached hydrogens (primary N) is 1. The molecule has 5 rings (SSSR count). The van der Waals surface area contributed by atoms with Crippen LogP contribution in [-0.4, -0.2) is 117 Å². The molecule has 4 aliphatic rings. The van der Waals surface area contributed by atoms with Crippen LogP contribution in [0.4, 0.5) is 5.69 Å². The van der Waals surface area contributed by atoms with Gasteiger partial charge in [0.1, 0.15) is 22.8 Å². The Morgan fingerprint density at radius 1 is 1.14 bits per heavy atom. The number of ketones is 2. The third-order valence-corrected chi connectivity index (χ3v) is 10.3. The monoisotopic (exact) mass is 612 g/mol. The van der Waals surface area contributed by atoms with Gasteiger partial charge in [-0.2, -0.15) is 0 Å². The number of fused-ring (bicyclic) bond motifs is 3. The van der Waals surface area contributed by atoms with Crippen LogP contribution in [0.25, 0.3) is 0 Å². The number of nitrogens with zero attached hydrogens (tertiary/aromatic N) is 3. The first-order chi connectivity index (χ1) is 20.7. The number of anilines is 1. The SMILES string of the molecule is CCCCN(c1ccc2c(c1O)C(=O)C1=C(O)C3(O)C(=O)C(C(N)=O)=C(O)C(N(C)C)C3C(O)C1C2C)C1CCN(C)CC1. The lowest BCUT2D eigenvalue weighted by Gasteiger charge is -2.53. The Labute approximate surface area is 257 Å². The highest BCUT2D eigenvalue weighted by molar-refractivity contribution is 6.25. The maximum atomic E-state index is 14.3. The minimum Gasteiger partial charge on any atom is -0.510 e. The zero-order chi connectivity index (χ0) is 32.4. The van der Waals surface area contributed by atoms with Crippen molar-refractivity contribution in [2.75, 3.05) is 45.7 Å². The molecule has 1 aromatic rings. The van der Waals surface area contributed by atoms with Gasteiger partial charge in [0, 0.05) is 24.1 Å². The fourth-order valence-electron chi connectivity index (χ4n) is 7.98. The van der Waals surface area contributed by atoms with E-state index in [2.05, 4.69) is 23.8 Å². The number of carbonyl (C=O) groups is 3. The Morgan fingerprint density at radius 3 is 2.34 bits per heavy atom. The van der Waals surface area contributed by atoms with E-state index in [1.165, 1.54) is 19.0 Å². The molecular formula is C32H44N4O8. The number of aliphatic hydroxyl groups excluding tert-OH is 3. The third-order valence-electron chi connectivity index (χ3n) is 10.3. The molecule has 0 saturated carbocycles. The number of unbranched alkanes of at least 4 members (excludes halogenated alkanes) is 1. The predicted molar refractivity (Wildman–Crippen MR) is 163 cm³/mol. The van der Waals surface area contributed by atoms with Crippen LogP contribution in [0.5, 0.6) is 5.75 Å². The van der Waals surface area contributed by atoms with Crippen LogP contribution in [0.15, 0.2) is 34.8 Å². The molecule has 1 amide bonds. The Hall–Kier alpha value is -3.45. The van der Waals surface area contributed by atoms with Crippen molar-refractivity contribution < 1.29 is 39.9 Å². The molecule has 6 unspecified atom stereocenters. The fourth-order valence-corrected chi connectivity index (χ4v) is 7.98. The number of aromatic hydroxyl groups is 1. The van der Waals surface area contributed by atoms with Gasteiger partial charge in [-0.05, 0) is 71.0 Å². The lowest BCUT2D eigenvalue weighted by atomic mass is 9.55. The molecule has 0 aromatic heterocycles. The molecule has 7 N–H and O–H groups in total. The molecule has 0 radical (unpaired) electrons. The van der Waals surface area contributed by atoms with Crippen LogP contribution in [0.1, 0.15) is 61.4 Å². The summed E-state index contributed by atoms with van der Waals surface area (Å²) in [5.74, 6) is -8.81. The van der Waals surface area contributed by atoms with E-state index in [1.807, 2.05) is 0 Å². The quantitative estimate of drug-likeness (QED) is 0.244. The third kappa shape index (κ3) is 4.53. The number of benzene rings is 1. The number of rotatable bonds is 7. The van der Waals surface area contributed by atoms with E-state index in [9.17, 15) is 39.9 Å². The molecule has 6 atom stereocenters. The van der Waals surface area contributed by atoms with Gasteiger partial charge in [0.05, 0.1) is 29.3 Å². The Bertz CT molecular complexity index is 1450. The van der Waals surface area contributed by atoms with Crippen molar-refractivity contribution in [2.24, 2.45) is 17.6 Å². The second-order valence-electron chi connectivity index (χ2n) is 13.0. The number of phenols is 1. The van der Waals surface area contributed by atoms with Gasteiger partial charge in [0.2, 0.25) is 5.78 Å². The van der Waals surface area contributed by atoms with Gasteiger partial charge in [-0.1, -0.05) is 26.3 Å². The van der Waals surface area contributed by atoms with E-state index >= 15 is 0 Å². The molecule has 240 valence electrons. The van der Waals surface area contributed by atoms with Gasteiger partial charge in [-0.3, -0.25) is 19.3 Å². The maximum Gasteiger partial charge on any atom is 0.255 e. The smallest absolute Gasteiger partial charge is 0.255 e. The van der Waals surface area contributed by atoms with Gasteiger partial charge >= 0.3 is 0 Å². The molecule has 44 heavy (non-hydrogen) atoms. The van der Waals surface area contributed by atoms with Crippen molar-refractivity contribution in [1.29, 1.82) is 0 Å². The number of piperidine rings is 1. The van der Waals surface area contributed by atoms with Crippen molar-refractivity contribution in [3.05, 3.63) is 45.9 Å². The van der Waals surface area contributed by atoms with Crippen molar-refractivity contribution in [3.63, 3.8) is 0 Å². The molecule has 12 heteroatoms. The summed E-state index contributed by atoms with van der Waals surface area (Å²) >= 11 is 0. The van der Waals surface area contributed by atoms with Gasteiger partial charge in [0.15, 0.2) is 11.4 Å². The van der Waals surface area contributed by atoms with Crippen molar-refractivity contribution >= 4 is 23.2 Å². The number of phenolic OH excluding ortho intramolecular Hbond substituents is 1. The normalized spacial score (nSPS) is 31.2. The molecule has 0 bridgehead atoms. The van der Waals surface area contributed by atoms with E-state index in [0.29, 0.717) is 17.8 Å². The first-order valence-corrected chi connectivity index (χ1v) is 15.3. The highest BCUT2D eigenvalue weighted by Gasteiger charge is 2.67. The molecule has 1 aliphatic heterocycles. The number of amides is 1. The van der Waals surface area contributed by atoms with Gasteiger partial charge in [-0.25, -0.2) is 0 Å². The summed E-state index contributed by atoms with van der Waals surface area (Å²) in [6.07, 6.45) is 1.96. The fraction of sp³-hybridized carbons (Fsp3) is 0.594. The Balaban J connectivity index is 1.68. The van der Waals surface area contributed by atoms with E-state index in [4.69, 9.17) is 5.73 Å². The summed E-state index contributed by atoms with van der Waals surface area (Å²) < 4.78 is 0. The summed E-state index contributed by atoms with van der Waals surface area (Å²) in [7, 11) is 5.09. The van der Waals surface area contributed by atoms with Crippen LogP contribution in [0, 0.1) is 11.8 Å². The topological polar surface area (TPSA) is 188 Å². The van der Waals surface area contributed by atoms with Crippen molar-refractivity contribution in [2.45, 2.75) is 69.2 Å². The summed E-state index contributed by atoms with van der Waals surface area (Å²) in [6.45, 7) is 6.28. The van der Waals surface area contributed by atoms with Crippen LogP contribution >= 0.6 is 0 Å². The van der Waals surface area contributed by atoms with E-state index < -0.39 is 75.6 Å². The van der Waals surface area contributed by atoms with Crippen molar-refractivity contribution in [1.82, 2.24) is 9.80 Å². The molecule has 12 nitrogen and oxygen atoms in total. The number of likely N-dealkylation sites (N-methyl/N-ethyl adjacent to an activating group) is 1. The minimum atomic E-state index is -2.93. The summed E-state index contributed by atoms with van der Waals surface area (Å²) in [4.78, 5) is 46.0. The number of hydrogen-bond acceptors (Lipinski definition) is 11. The molecule has 1 aromatic carbocycles. The number of aliphatic hydroxyl groups is 4. The predicted octanol–water partition coefficient (Wildman–Crippen LogP) is 1.35. The highest BCUT2D eigenvalue weighted by Crippen LogP contribution is 2.56. The highest BCUT2D eigenvalue weighted by atomic mass is 16.4. The Kier molecular flexibility index (Phi) is 8.34. The second kappa shape index (κ2) is 11.5. The van der Waals surface area contributed by atoms with Crippen LogP contribution in [0.2, 0.25) is 0 Å². The van der Waals surface area contributed by atoms with E-state index in [0.717, 1.165) is 38.8 Å². The number of carbonyl (C=O) groups excluding carboxylic acids is 3. The van der Waals surface area contributed by atoms with Gasteiger partial charge in [0.25, 0.3) is 5.91 Å². The number of hydrogen-bond donors (Lipinski definition) is 6. The molecular weight excluding hydrogens is 568 g/mol. The summed E-state index contributed by atoms with van der Waals surface area (Å²) in [5, 5.41) is 58.1.